The van der Waals surface area contributed by atoms with Crippen molar-refractivity contribution in [3.8, 4) is 22.6 Å². The highest BCUT2D eigenvalue weighted by atomic mass is 19.4. The molecule has 14 nitrogen and oxygen atoms in total. The Morgan fingerprint density at radius 3 is 2.07 bits per heavy atom. The molecule has 82 heavy (non-hydrogen) atoms. The van der Waals surface area contributed by atoms with Crippen LogP contribution >= 0.6 is 0 Å². The van der Waals surface area contributed by atoms with E-state index in [1.807, 2.05) is 74.3 Å². The summed E-state index contributed by atoms with van der Waals surface area (Å²) in [6.45, 7) is 25.5. The summed E-state index contributed by atoms with van der Waals surface area (Å²) in [5.41, 5.74) is 0.176. The van der Waals surface area contributed by atoms with Gasteiger partial charge in [0.05, 0.1) is 77.2 Å². The van der Waals surface area contributed by atoms with Crippen LogP contribution in [0.3, 0.4) is 0 Å². The molecule has 432 valence electrons. The lowest BCUT2D eigenvalue weighted by molar-refractivity contribution is -0.427. The number of aromatic nitrogens is 6. The first-order valence-electron chi connectivity index (χ1n) is 27.4. The van der Waals surface area contributed by atoms with Gasteiger partial charge in [0.1, 0.15) is 25.2 Å². The van der Waals surface area contributed by atoms with E-state index in [9.17, 15) is 35.9 Å². The third kappa shape index (κ3) is 11.9. The highest BCUT2D eigenvalue weighted by Crippen LogP contribution is 2.53. The fraction of sp³-hybridized carbons (Fsp3) is 0.387. The molecule has 6 heterocycles. The molecule has 0 N–H and O–H groups in total. The number of benzene rings is 2. The van der Waals surface area contributed by atoms with Crippen molar-refractivity contribution in [2.45, 2.75) is 108 Å². The van der Waals surface area contributed by atoms with Crippen molar-refractivity contribution in [3.63, 3.8) is 0 Å². The van der Waals surface area contributed by atoms with E-state index in [2.05, 4.69) is 58.4 Å². The number of nitrogens with zero attached hydrogens (tertiary/aromatic N) is 11. The Morgan fingerprint density at radius 2 is 1.49 bits per heavy atom. The van der Waals surface area contributed by atoms with Crippen LogP contribution in [0.5, 0.6) is 0 Å². The number of imidazole rings is 2. The zero-order chi connectivity index (χ0) is 59.5. The van der Waals surface area contributed by atoms with Gasteiger partial charge in [0.25, 0.3) is 0 Å². The Balaban J connectivity index is 0.000000209. The van der Waals surface area contributed by atoms with Crippen LogP contribution in [-0.2, 0) is 29.0 Å². The lowest BCUT2D eigenvalue weighted by atomic mass is 9.55. The smallest absolute Gasteiger partial charge is 0.378 e. The summed E-state index contributed by atoms with van der Waals surface area (Å²) in [6, 6.07) is 18.0. The standard InChI is InChI=1S/C32H39F3N5O2.C28H26F3N6O.C2H6/c1-7-37(5)28(36-4)31(20-30(3,21-31)42-6)24-11-8-12-25(15-24)39-19-27-26(32(33,34)35)14-23(18-40(27)29(39)41)17-38-13-9-10-22(2)16-38;1-4-35(3)26(32-2)25(18-7-5-8-18)20-13-19(23-10-11-33-17-34-23)14-21(15-20)37-16-24-22(28(29,30)31)9-6-12-36(24)27(37)38;1-2/h7-8,11-12,14-15,18-19,22H,1,4,9-10,13,16-17,20-21H2,2-3,5-6H3;4,6,9-18,25H,1-2,5,7-8H2,3H3;1-2H3/q2*+1;/t22-,30?,31?;25-;/m00./s1. The molecular weight excluding hydrogens is 1060 g/mol. The molecule has 0 unspecified atom stereocenters. The summed E-state index contributed by atoms with van der Waals surface area (Å²) in [5, 5.41) is 0. The Labute approximate surface area is 473 Å². The summed E-state index contributed by atoms with van der Waals surface area (Å²) < 4.78 is 98.2. The Hall–Kier alpha value is -7.84. The highest BCUT2D eigenvalue weighted by Gasteiger charge is 2.60. The number of ether oxygens (including phenoxy) is 1. The van der Waals surface area contributed by atoms with Crippen molar-refractivity contribution in [2.75, 3.05) is 34.3 Å². The minimum atomic E-state index is -4.62. The van der Waals surface area contributed by atoms with Gasteiger partial charge in [-0.3, -0.25) is 22.8 Å². The van der Waals surface area contributed by atoms with E-state index >= 15 is 0 Å². The molecule has 1 aliphatic heterocycles. The van der Waals surface area contributed by atoms with Crippen molar-refractivity contribution >= 4 is 36.1 Å². The molecule has 0 radical (unpaired) electrons. The van der Waals surface area contributed by atoms with Gasteiger partial charge in [-0.1, -0.05) is 62.5 Å². The molecule has 5 aromatic heterocycles. The van der Waals surface area contributed by atoms with Crippen LogP contribution in [0, 0.1) is 11.8 Å². The number of pyridine rings is 2. The van der Waals surface area contributed by atoms with E-state index in [1.165, 1.54) is 46.2 Å². The number of piperidine rings is 1. The van der Waals surface area contributed by atoms with Gasteiger partial charge in [-0.15, -0.1) is 0 Å². The van der Waals surface area contributed by atoms with Crippen LogP contribution in [0.2, 0.25) is 0 Å². The number of methoxy groups -OCH3 is 1. The number of likely N-dealkylation sites (tertiary alicyclic amines) is 1. The first kappa shape index (κ1) is 60.3. The predicted octanol–water partition coefficient (Wildman–Crippen LogP) is 12.0. The van der Waals surface area contributed by atoms with Crippen LogP contribution in [0.15, 0.2) is 149 Å². The molecule has 0 amide bonds. The van der Waals surface area contributed by atoms with Gasteiger partial charge < -0.3 is 4.74 Å². The number of hydrogen-bond acceptors (Lipinski definition) is 6. The molecule has 20 heteroatoms. The topological polar surface area (TPSA) is 122 Å². The number of fused-ring (bicyclic) bond motifs is 2. The number of alkyl halides is 6. The monoisotopic (exact) mass is 1130 g/mol. The van der Waals surface area contributed by atoms with Crippen LogP contribution in [0.25, 0.3) is 33.7 Å². The Kier molecular flexibility index (Phi) is 17.9. The highest BCUT2D eigenvalue weighted by molar-refractivity contribution is 5.94. The lowest BCUT2D eigenvalue weighted by Crippen LogP contribution is -2.59. The maximum atomic E-state index is 14.3. The van der Waals surface area contributed by atoms with E-state index in [0.29, 0.717) is 65.2 Å². The minimum absolute atomic E-state index is 0.164. The predicted molar refractivity (Wildman–Crippen MR) is 310 cm³/mol. The van der Waals surface area contributed by atoms with Crippen LogP contribution < -0.4 is 11.4 Å². The normalized spacial score (nSPS) is 20.4. The van der Waals surface area contributed by atoms with Crippen molar-refractivity contribution in [2.24, 2.45) is 21.8 Å². The zero-order valence-electron chi connectivity index (χ0n) is 47.5. The molecular formula is C62H71F6N11O3+2. The van der Waals surface area contributed by atoms with E-state index in [0.717, 1.165) is 71.2 Å². The van der Waals surface area contributed by atoms with Crippen LogP contribution in [0.4, 0.5) is 26.3 Å². The molecule has 1 saturated heterocycles. The maximum Gasteiger partial charge on any atom is 0.418 e. The summed E-state index contributed by atoms with van der Waals surface area (Å²) in [5.74, 6) is 2.01. The van der Waals surface area contributed by atoms with Crippen LogP contribution in [-0.4, -0.2) is 107 Å². The third-order valence-corrected chi connectivity index (χ3v) is 16.1. The molecule has 0 bridgehead atoms. The summed E-state index contributed by atoms with van der Waals surface area (Å²) in [6.07, 6.45) is 8.95. The van der Waals surface area contributed by atoms with Gasteiger partial charge in [0, 0.05) is 56.7 Å². The minimum Gasteiger partial charge on any atom is -0.378 e. The van der Waals surface area contributed by atoms with Gasteiger partial charge in [0.2, 0.25) is 0 Å². The molecule has 0 spiro atoms. The van der Waals surface area contributed by atoms with Crippen molar-refractivity contribution in [1.29, 1.82) is 0 Å². The van der Waals surface area contributed by atoms with Gasteiger partial charge in [-0.25, -0.2) is 28.7 Å². The molecule has 10 rings (SSSR count). The number of aliphatic imine (C=N–C) groups is 2. The van der Waals surface area contributed by atoms with Gasteiger partial charge in [0.15, 0.2) is 0 Å². The summed E-state index contributed by atoms with van der Waals surface area (Å²) >= 11 is 0. The second-order valence-electron chi connectivity index (χ2n) is 21.5. The molecule has 3 aliphatic rings. The van der Waals surface area contributed by atoms with E-state index in [-0.39, 0.29) is 28.5 Å². The molecule has 7 aromatic rings. The van der Waals surface area contributed by atoms with Crippen molar-refractivity contribution < 1.29 is 40.2 Å². The molecule has 2 saturated carbocycles. The van der Waals surface area contributed by atoms with Crippen molar-refractivity contribution in [1.82, 2.24) is 32.8 Å². The van der Waals surface area contributed by atoms with Gasteiger partial charge in [-0.05, 0) is 135 Å². The van der Waals surface area contributed by atoms with Crippen LogP contribution in [0.1, 0.15) is 106 Å². The van der Waals surface area contributed by atoms with E-state index in [1.54, 1.807) is 50.1 Å². The fourth-order valence-electron chi connectivity index (χ4n) is 12.0. The molecule has 2 aromatic carbocycles. The number of rotatable bonds is 13. The molecule has 2 aliphatic carbocycles. The Morgan fingerprint density at radius 1 is 0.817 bits per heavy atom. The zero-order valence-corrected chi connectivity index (χ0v) is 47.5. The van der Waals surface area contributed by atoms with E-state index in [4.69, 9.17) is 4.74 Å². The quantitative estimate of drug-likeness (QED) is 0.0491. The number of halogens is 6. The largest absolute Gasteiger partial charge is 0.418 e. The first-order chi connectivity index (χ1) is 39.1. The second-order valence-corrected chi connectivity index (χ2v) is 21.5. The third-order valence-electron chi connectivity index (χ3n) is 16.1. The second kappa shape index (κ2) is 24.3. The first-order valence-corrected chi connectivity index (χ1v) is 27.4. The Bertz CT molecular complexity index is 3710. The average Bonchev–Trinajstić information content (AvgIpc) is 4.05. The summed E-state index contributed by atoms with van der Waals surface area (Å²) in [7, 11) is 5.36. The fourth-order valence-corrected chi connectivity index (χ4v) is 12.0. The number of hydrogen-bond donors (Lipinski definition) is 0. The lowest BCUT2D eigenvalue weighted by Gasteiger charge is -2.51. The molecule has 3 fully saturated rings. The maximum absolute atomic E-state index is 14.3. The van der Waals surface area contributed by atoms with Gasteiger partial charge in [-0.2, -0.15) is 26.3 Å². The molecule has 2 atom stereocenters. The average molecular weight is 1130 g/mol. The van der Waals surface area contributed by atoms with Gasteiger partial charge >= 0.3 is 35.4 Å². The number of amidine groups is 2. The van der Waals surface area contributed by atoms with E-state index < -0.39 is 40.3 Å². The summed E-state index contributed by atoms with van der Waals surface area (Å²) in [4.78, 5) is 46.3. The van der Waals surface area contributed by atoms with Crippen molar-refractivity contribution in [3.05, 3.63) is 178 Å². The SMILES string of the molecule is C=C[N+](C)=C(N=C)C1(c2cccc(-n3cc4c(C(F)(F)F)cc(CN5CCC[C@H](C)C5)cn4c3=O)c2)CC(C)(OC)C1.C=C[N+](C)=C(N=C)[C@H](c1cc(-c2ccncn2)cc(-n2cc3c(C(F)(F)F)cccn3c2=O)c1)C1CCC1.CC.